The van der Waals surface area contributed by atoms with E-state index < -0.39 is 0 Å². The predicted molar refractivity (Wildman–Crippen MR) is 91.1 cm³/mol. The zero-order valence-corrected chi connectivity index (χ0v) is 17.2. The second-order valence-electron chi connectivity index (χ2n) is 6.35. The van der Waals surface area contributed by atoms with Gasteiger partial charge in [0.15, 0.2) is 0 Å². The Morgan fingerprint density at radius 3 is 2.57 bits per heavy atom. The molecule has 0 saturated heterocycles. The topological polar surface area (TPSA) is 0 Å². The van der Waals surface area contributed by atoms with Crippen molar-refractivity contribution in [3.8, 4) is 0 Å². The van der Waals surface area contributed by atoms with Crippen molar-refractivity contribution in [2.45, 2.75) is 57.7 Å². The molecule has 21 heavy (non-hydrogen) atoms. The van der Waals surface area contributed by atoms with Crippen LogP contribution in [0.25, 0.3) is 0 Å². The summed E-state index contributed by atoms with van der Waals surface area (Å²) in [5, 5.41) is 0. The van der Waals surface area contributed by atoms with Gasteiger partial charge in [0.1, 0.15) is 0 Å². The summed E-state index contributed by atoms with van der Waals surface area (Å²) in [4.78, 5) is 0. The first-order chi connectivity index (χ1) is 9.72. The van der Waals surface area contributed by atoms with Crippen LogP contribution in [0.1, 0.15) is 39.0 Å². The predicted octanol–water partition coefficient (Wildman–Crippen LogP) is 5.74. The van der Waals surface area contributed by atoms with Crippen LogP contribution in [0.4, 0.5) is 0 Å². The molecule has 0 amide bonds. The summed E-state index contributed by atoms with van der Waals surface area (Å²) in [7, 11) is -0.0662. The van der Waals surface area contributed by atoms with Gasteiger partial charge in [-0.1, -0.05) is 63.6 Å². The molecular weight excluding hydrogens is 348 g/mol. The van der Waals surface area contributed by atoms with Crippen LogP contribution < -0.4 is 0 Å². The average Bonchev–Trinajstić information content (AvgIpc) is 3.08. The molecule has 0 heterocycles. The first kappa shape index (κ1) is 19.1. The minimum absolute atomic E-state index is 0. The van der Waals surface area contributed by atoms with Gasteiger partial charge in [-0.05, 0) is 23.8 Å². The Labute approximate surface area is 152 Å². The Bertz CT molecular complexity index is 417. The van der Waals surface area contributed by atoms with Crippen molar-refractivity contribution < 1.29 is 26.2 Å². The van der Waals surface area contributed by atoms with E-state index in [0.717, 1.165) is 23.8 Å². The average molecular weight is 376 g/mol. The second-order valence-corrected chi connectivity index (χ2v) is 9.25. The van der Waals surface area contributed by atoms with Crippen molar-refractivity contribution in [1.82, 2.24) is 0 Å². The van der Waals surface area contributed by atoms with Crippen LogP contribution in [0.5, 0.6) is 0 Å². The number of fused-ring (bicyclic) bond motifs is 1. The largest absolute Gasteiger partial charge is 0.273 e. The van der Waals surface area contributed by atoms with Crippen molar-refractivity contribution in [3.05, 3.63) is 48.1 Å². The number of hydrogen-bond donors (Lipinski definition) is 0. The molecule has 3 atom stereocenters. The van der Waals surface area contributed by atoms with Gasteiger partial charge in [-0.25, -0.2) is 11.6 Å². The van der Waals surface area contributed by atoms with Crippen molar-refractivity contribution in [3.63, 3.8) is 0 Å². The van der Waals surface area contributed by atoms with E-state index in [0.29, 0.717) is 0 Å². The van der Waals surface area contributed by atoms with Crippen molar-refractivity contribution in [2.24, 2.45) is 11.8 Å². The Morgan fingerprint density at radius 1 is 1.19 bits per heavy atom. The molecule has 0 spiro atoms. The molecule has 3 rings (SSSR count). The third kappa shape index (κ3) is 5.64. The van der Waals surface area contributed by atoms with Crippen LogP contribution in [0.3, 0.4) is 0 Å². The molecule has 0 nitrogen and oxygen atoms in total. The van der Waals surface area contributed by atoms with E-state index in [9.17, 15) is 0 Å². The Hall–Kier alpha value is 0.0600. The van der Waals surface area contributed by atoms with Gasteiger partial charge in [0.05, 0.1) is 0 Å². The van der Waals surface area contributed by atoms with Crippen molar-refractivity contribution in [2.75, 3.05) is 0 Å². The zero-order valence-electron chi connectivity index (χ0n) is 13.7. The molecule has 1 saturated carbocycles. The van der Waals surface area contributed by atoms with Gasteiger partial charge in [-0.15, -0.1) is 6.42 Å². The van der Waals surface area contributed by atoms with E-state index in [2.05, 4.69) is 62.5 Å². The molecule has 3 aliphatic carbocycles. The van der Waals surface area contributed by atoms with Gasteiger partial charge in [-0.3, -0.25) is 6.08 Å². The summed E-state index contributed by atoms with van der Waals surface area (Å²) in [5.74, 6) is 1.79. The number of hydrogen-bond acceptors (Lipinski definition) is 0. The van der Waals surface area contributed by atoms with Gasteiger partial charge in [0.2, 0.25) is 0 Å². The van der Waals surface area contributed by atoms with E-state index in [1.54, 1.807) is 0 Å². The maximum Gasteiger partial charge on any atom is 0.0452 e. The molecule has 3 unspecified atom stereocenters. The summed E-state index contributed by atoms with van der Waals surface area (Å²) in [5.41, 5.74) is 2.51. The van der Waals surface area contributed by atoms with Crippen LogP contribution in [-0.2, 0) is 26.2 Å². The summed E-state index contributed by atoms with van der Waals surface area (Å²) in [6, 6.07) is 0. The molecule has 0 aromatic rings. The van der Waals surface area contributed by atoms with E-state index >= 15 is 0 Å². The fourth-order valence-electron chi connectivity index (χ4n) is 3.53. The number of allylic oxidation sites excluding steroid dienone is 8. The third-order valence-electron chi connectivity index (χ3n) is 4.62. The normalized spacial score (nSPS) is 28.8. The number of rotatable bonds is 3. The van der Waals surface area contributed by atoms with Crippen molar-refractivity contribution >= 4 is 8.80 Å². The molecule has 0 N–H and O–H groups in total. The summed E-state index contributed by atoms with van der Waals surface area (Å²) in [6.45, 7) is 7.13. The molecular formula is C19H28SiZr-. The molecule has 0 aromatic carbocycles. The maximum atomic E-state index is 3.14. The molecule has 0 aliphatic heterocycles. The molecule has 2 heteroatoms. The van der Waals surface area contributed by atoms with Crippen LogP contribution in [0, 0.1) is 17.9 Å². The summed E-state index contributed by atoms with van der Waals surface area (Å²) < 4.78 is 0. The third-order valence-corrected chi connectivity index (χ3v) is 6.78. The van der Waals surface area contributed by atoms with Crippen molar-refractivity contribution in [1.29, 1.82) is 0 Å². The van der Waals surface area contributed by atoms with E-state index in [4.69, 9.17) is 0 Å². The monoisotopic (exact) mass is 374 g/mol. The molecule has 1 fully saturated rings. The molecule has 0 aromatic heterocycles. The summed E-state index contributed by atoms with van der Waals surface area (Å²) >= 11 is 0. The molecule has 0 bridgehead atoms. The standard InChI is InChI=1S/C11H17Si.C8H11.Zr/c1-12(2)11-8-7-9-5-3-4-6-10(9)11;1-2-5-8-6-3-4-7-8;/h3-6,9-11H,7-8H2,1-2H3;6-7H,2-3,5H2,1H3;/q;-1;. The van der Waals surface area contributed by atoms with Crippen LogP contribution in [0.2, 0.25) is 18.6 Å². The summed E-state index contributed by atoms with van der Waals surface area (Å²) in [6.07, 6.45) is 23.2. The van der Waals surface area contributed by atoms with E-state index in [-0.39, 0.29) is 35.0 Å². The fourth-order valence-corrected chi connectivity index (χ4v) is 5.40. The van der Waals surface area contributed by atoms with Gasteiger partial charge in [0, 0.05) is 35.0 Å². The SMILES string of the molecule is CCCC1=CC[C-]=C1.C[Si](C)C1CCC2C=CC=CC21.[Zr]. The quantitative estimate of drug-likeness (QED) is 0.436. The maximum absolute atomic E-state index is 3.14. The first-order valence-electron chi connectivity index (χ1n) is 8.13. The van der Waals surface area contributed by atoms with Gasteiger partial charge >= 0.3 is 0 Å². The Balaban J connectivity index is 0.000000216. The van der Waals surface area contributed by atoms with Crippen LogP contribution >= 0.6 is 0 Å². The van der Waals surface area contributed by atoms with Gasteiger partial charge in [0.25, 0.3) is 0 Å². The van der Waals surface area contributed by atoms with E-state index in [1.807, 2.05) is 0 Å². The Kier molecular flexibility index (Phi) is 9.06. The van der Waals surface area contributed by atoms with Crippen LogP contribution in [-0.4, -0.2) is 8.80 Å². The molecule has 1 radical (unpaired) electrons. The van der Waals surface area contributed by atoms with Crippen LogP contribution in [0.15, 0.2) is 42.0 Å². The molecule has 113 valence electrons. The minimum atomic E-state index is -0.0662. The minimum Gasteiger partial charge on any atom is -0.273 e. The smallest absolute Gasteiger partial charge is 0.0452 e. The molecule has 3 aliphatic rings. The van der Waals surface area contributed by atoms with E-state index in [1.165, 1.54) is 31.3 Å². The Morgan fingerprint density at radius 2 is 1.95 bits per heavy atom. The zero-order chi connectivity index (χ0) is 14.4. The van der Waals surface area contributed by atoms with Gasteiger partial charge in [-0.2, -0.15) is 6.08 Å². The van der Waals surface area contributed by atoms with Gasteiger partial charge < -0.3 is 0 Å². The first-order valence-corrected chi connectivity index (χ1v) is 10.7. The second kappa shape index (κ2) is 9.95. The fraction of sp³-hybridized carbons (Fsp3) is 0.579.